The van der Waals surface area contributed by atoms with Crippen molar-refractivity contribution in [3.05, 3.63) is 64.7 Å². The summed E-state index contributed by atoms with van der Waals surface area (Å²) in [6.45, 7) is 0. The smallest absolute Gasteiger partial charge is 0.195 e. The molecule has 0 unspecified atom stereocenters. The molecule has 0 spiro atoms. The standard InChI is InChI=1S/C15H12Cl2N2O/c16-9-14(18)19-13-8-11(17)6-7-12(13)15(20)10-4-2-1-3-5-10/h1-8H,9H2,(H2,18,19). The number of rotatable bonds is 4. The van der Waals surface area contributed by atoms with Crippen molar-refractivity contribution in [1.29, 1.82) is 0 Å². The van der Waals surface area contributed by atoms with Crippen molar-refractivity contribution in [1.82, 2.24) is 0 Å². The van der Waals surface area contributed by atoms with Crippen LogP contribution < -0.4 is 5.73 Å². The van der Waals surface area contributed by atoms with Gasteiger partial charge in [0.05, 0.1) is 11.6 Å². The van der Waals surface area contributed by atoms with Gasteiger partial charge in [0.25, 0.3) is 0 Å². The van der Waals surface area contributed by atoms with Gasteiger partial charge < -0.3 is 5.73 Å². The number of aliphatic imine (C=N–C) groups is 1. The number of carbonyl (C=O) groups is 1. The Morgan fingerprint density at radius 1 is 1.15 bits per heavy atom. The number of benzene rings is 2. The van der Waals surface area contributed by atoms with Crippen LogP contribution in [0.2, 0.25) is 5.02 Å². The highest BCUT2D eigenvalue weighted by Gasteiger charge is 2.14. The highest BCUT2D eigenvalue weighted by atomic mass is 35.5. The van der Waals surface area contributed by atoms with Crippen LogP contribution in [0.5, 0.6) is 0 Å². The van der Waals surface area contributed by atoms with E-state index >= 15 is 0 Å². The molecule has 0 saturated carbocycles. The molecule has 3 nitrogen and oxygen atoms in total. The second-order valence-corrected chi connectivity index (χ2v) is 4.80. The molecule has 2 N–H and O–H groups in total. The maximum atomic E-state index is 12.5. The number of carbonyl (C=O) groups excluding carboxylic acids is 1. The van der Waals surface area contributed by atoms with Crippen molar-refractivity contribution < 1.29 is 4.79 Å². The molecule has 20 heavy (non-hydrogen) atoms. The molecule has 0 aliphatic heterocycles. The zero-order valence-electron chi connectivity index (χ0n) is 10.5. The Labute approximate surface area is 127 Å². The van der Waals surface area contributed by atoms with Crippen molar-refractivity contribution in [2.75, 3.05) is 5.88 Å². The first-order valence-electron chi connectivity index (χ1n) is 5.90. The van der Waals surface area contributed by atoms with Gasteiger partial charge in [0.2, 0.25) is 0 Å². The van der Waals surface area contributed by atoms with Crippen molar-refractivity contribution in [2.24, 2.45) is 10.7 Å². The van der Waals surface area contributed by atoms with Crippen LogP contribution >= 0.6 is 23.2 Å². The molecule has 0 amide bonds. The van der Waals surface area contributed by atoms with Crippen LogP contribution in [0.4, 0.5) is 5.69 Å². The van der Waals surface area contributed by atoms with E-state index in [-0.39, 0.29) is 17.5 Å². The van der Waals surface area contributed by atoms with Crippen LogP contribution in [0.1, 0.15) is 15.9 Å². The quantitative estimate of drug-likeness (QED) is 0.404. The Balaban J connectivity index is 2.49. The number of hydrogen-bond acceptors (Lipinski definition) is 2. The lowest BCUT2D eigenvalue weighted by atomic mass is 10.0. The monoisotopic (exact) mass is 306 g/mol. The maximum Gasteiger partial charge on any atom is 0.195 e. The van der Waals surface area contributed by atoms with E-state index in [0.29, 0.717) is 21.8 Å². The van der Waals surface area contributed by atoms with Gasteiger partial charge in [-0.05, 0) is 18.2 Å². The van der Waals surface area contributed by atoms with Gasteiger partial charge in [-0.3, -0.25) is 4.79 Å². The number of nitrogens with zero attached hydrogens (tertiary/aromatic N) is 1. The van der Waals surface area contributed by atoms with Gasteiger partial charge in [-0.15, -0.1) is 11.6 Å². The third-order valence-corrected chi connectivity index (χ3v) is 3.15. The molecule has 2 aromatic carbocycles. The van der Waals surface area contributed by atoms with Crippen LogP contribution in [-0.2, 0) is 0 Å². The van der Waals surface area contributed by atoms with Crippen molar-refractivity contribution in [3.63, 3.8) is 0 Å². The number of halogens is 2. The minimum absolute atomic E-state index is 0.0888. The van der Waals surface area contributed by atoms with E-state index in [1.165, 1.54) is 0 Å². The normalized spacial score (nSPS) is 11.4. The van der Waals surface area contributed by atoms with E-state index in [1.54, 1.807) is 42.5 Å². The molecule has 0 bridgehead atoms. The number of amidine groups is 1. The molecule has 5 heteroatoms. The molecule has 0 aliphatic carbocycles. The van der Waals surface area contributed by atoms with Crippen LogP contribution in [0.3, 0.4) is 0 Å². The molecule has 0 aliphatic rings. The van der Waals surface area contributed by atoms with Gasteiger partial charge in [0, 0.05) is 16.1 Å². The van der Waals surface area contributed by atoms with Crippen molar-refractivity contribution >= 4 is 40.5 Å². The number of ketones is 1. The van der Waals surface area contributed by atoms with Crippen LogP contribution in [0.15, 0.2) is 53.5 Å². The van der Waals surface area contributed by atoms with Crippen LogP contribution in [-0.4, -0.2) is 17.5 Å². The van der Waals surface area contributed by atoms with E-state index < -0.39 is 0 Å². The SMILES string of the molecule is NC(CCl)=Nc1cc(Cl)ccc1C(=O)c1ccccc1. The van der Waals surface area contributed by atoms with Gasteiger partial charge >= 0.3 is 0 Å². The molecule has 0 aromatic heterocycles. The molecule has 2 rings (SSSR count). The average molecular weight is 307 g/mol. The molecule has 0 atom stereocenters. The van der Waals surface area contributed by atoms with E-state index in [9.17, 15) is 4.79 Å². The first kappa shape index (κ1) is 14.6. The minimum atomic E-state index is -0.136. The lowest BCUT2D eigenvalue weighted by Crippen LogP contribution is -2.13. The molecule has 0 heterocycles. The fourth-order valence-electron chi connectivity index (χ4n) is 1.72. The number of alkyl halides is 1. The van der Waals surface area contributed by atoms with Gasteiger partial charge in [0.1, 0.15) is 5.84 Å². The van der Waals surface area contributed by atoms with Gasteiger partial charge in [0.15, 0.2) is 5.78 Å². The number of hydrogen-bond donors (Lipinski definition) is 1. The fraction of sp³-hybridized carbons (Fsp3) is 0.0667. The summed E-state index contributed by atoms with van der Waals surface area (Å²) in [6, 6.07) is 13.8. The first-order valence-corrected chi connectivity index (χ1v) is 6.81. The van der Waals surface area contributed by atoms with E-state index in [0.717, 1.165) is 0 Å². The van der Waals surface area contributed by atoms with Gasteiger partial charge in [-0.25, -0.2) is 4.99 Å². The molecular formula is C15H12Cl2N2O. The lowest BCUT2D eigenvalue weighted by molar-refractivity contribution is 0.103. The summed E-state index contributed by atoms with van der Waals surface area (Å²) in [5.41, 5.74) is 7.07. The lowest BCUT2D eigenvalue weighted by Gasteiger charge is -2.06. The van der Waals surface area contributed by atoms with Gasteiger partial charge in [-0.1, -0.05) is 41.9 Å². The van der Waals surface area contributed by atoms with E-state index in [4.69, 9.17) is 28.9 Å². The highest BCUT2D eigenvalue weighted by molar-refractivity contribution is 6.31. The Morgan fingerprint density at radius 2 is 1.85 bits per heavy atom. The summed E-state index contributed by atoms with van der Waals surface area (Å²) in [4.78, 5) is 16.6. The molecule has 0 fully saturated rings. The highest BCUT2D eigenvalue weighted by Crippen LogP contribution is 2.26. The van der Waals surface area contributed by atoms with E-state index in [2.05, 4.69) is 4.99 Å². The maximum absolute atomic E-state index is 12.5. The van der Waals surface area contributed by atoms with Crippen molar-refractivity contribution in [3.8, 4) is 0 Å². The van der Waals surface area contributed by atoms with Crippen LogP contribution in [0, 0.1) is 0 Å². The van der Waals surface area contributed by atoms with Crippen molar-refractivity contribution in [2.45, 2.75) is 0 Å². The fourth-order valence-corrected chi connectivity index (χ4v) is 1.95. The molecule has 102 valence electrons. The molecular weight excluding hydrogens is 295 g/mol. The Hall–Kier alpha value is -1.84. The Bertz CT molecular complexity index is 654. The molecule has 0 radical (unpaired) electrons. The summed E-state index contributed by atoms with van der Waals surface area (Å²) >= 11 is 11.6. The van der Waals surface area contributed by atoms with E-state index in [1.807, 2.05) is 6.07 Å². The summed E-state index contributed by atoms with van der Waals surface area (Å²) in [6.07, 6.45) is 0. The second kappa shape index (κ2) is 6.55. The third-order valence-electron chi connectivity index (χ3n) is 2.64. The predicted octanol–water partition coefficient (Wildman–Crippen LogP) is 3.80. The first-order chi connectivity index (χ1) is 9.61. The average Bonchev–Trinajstić information content (AvgIpc) is 2.47. The minimum Gasteiger partial charge on any atom is -0.386 e. The van der Waals surface area contributed by atoms with Crippen LogP contribution in [0.25, 0.3) is 0 Å². The zero-order valence-corrected chi connectivity index (χ0v) is 12.0. The second-order valence-electron chi connectivity index (χ2n) is 4.09. The van der Waals surface area contributed by atoms with Gasteiger partial charge in [-0.2, -0.15) is 0 Å². The Kier molecular flexibility index (Phi) is 4.77. The summed E-state index contributed by atoms with van der Waals surface area (Å²) < 4.78 is 0. The zero-order chi connectivity index (χ0) is 14.5. The molecule has 0 saturated heterocycles. The topological polar surface area (TPSA) is 55.4 Å². The number of nitrogens with two attached hydrogens (primary N) is 1. The summed E-state index contributed by atoms with van der Waals surface area (Å²) in [7, 11) is 0. The third kappa shape index (κ3) is 3.38. The Morgan fingerprint density at radius 3 is 2.50 bits per heavy atom. The molecule has 2 aromatic rings. The summed E-state index contributed by atoms with van der Waals surface area (Å²) in [5.74, 6) is 0.185. The summed E-state index contributed by atoms with van der Waals surface area (Å²) in [5, 5.41) is 0.482. The predicted molar refractivity (Wildman–Crippen MR) is 83.3 cm³/mol. The largest absolute Gasteiger partial charge is 0.386 e.